The van der Waals surface area contributed by atoms with Gasteiger partial charge in [-0.05, 0) is 39.0 Å². The Balaban J connectivity index is 2.19. The predicted octanol–water partition coefficient (Wildman–Crippen LogP) is 2.82. The fourth-order valence-electron chi connectivity index (χ4n) is 2.24. The van der Waals surface area contributed by atoms with Gasteiger partial charge in [0.1, 0.15) is 11.4 Å². The number of nitrogens with one attached hydrogen (secondary N) is 1. The van der Waals surface area contributed by atoms with Gasteiger partial charge < -0.3 is 19.5 Å². The van der Waals surface area contributed by atoms with Crippen LogP contribution in [0.3, 0.4) is 0 Å². The van der Waals surface area contributed by atoms with Crippen molar-refractivity contribution in [3.05, 3.63) is 29.3 Å². The van der Waals surface area contributed by atoms with Gasteiger partial charge in [0, 0.05) is 12.0 Å². The summed E-state index contributed by atoms with van der Waals surface area (Å²) in [4.78, 5) is 23.6. The Morgan fingerprint density at radius 2 is 2.05 bits per heavy atom. The summed E-state index contributed by atoms with van der Waals surface area (Å²) in [5.41, 5.74) is 0.606. The quantitative estimate of drug-likeness (QED) is 0.850. The molecule has 0 aliphatic carbocycles. The van der Waals surface area contributed by atoms with Crippen molar-refractivity contribution in [1.82, 2.24) is 5.32 Å². The molecule has 0 spiro atoms. The molecule has 22 heavy (non-hydrogen) atoms. The molecule has 0 saturated carbocycles. The maximum atomic E-state index is 11.9. The molecule has 1 aromatic carbocycles. The minimum atomic E-state index is -0.564. The first-order valence-electron chi connectivity index (χ1n) is 7.15. The average molecular weight is 307 g/mol. The van der Waals surface area contributed by atoms with E-state index in [1.54, 1.807) is 39.0 Å². The third-order valence-corrected chi connectivity index (χ3v) is 3.16. The van der Waals surface area contributed by atoms with Gasteiger partial charge in [-0.25, -0.2) is 9.59 Å². The fraction of sp³-hybridized carbons (Fsp3) is 0.500. The number of rotatable bonds is 2. The van der Waals surface area contributed by atoms with E-state index in [0.717, 1.165) is 5.56 Å². The zero-order valence-corrected chi connectivity index (χ0v) is 13.3. The van der Waals surface area contributed by atoms with Gasteiger partial charge in [-0.3, -0.25) is 0 Å². The summed E-state index contributed by atoms with van der Waals surface area (Å²) < 4.78 is 15.5. The molecule has 120 valence electrons. The number of fused-ring (bicyclic) bond motifs is 1. The number of amides is 1. The standard InChI is InChI=1S/C16H21NO5/c1-16(2,3)22-15(19)17-12-7-8-21-13-6-5-10(9-11(12)13)14(18)20-4/h5-6,9,12H,7-8H2,1-4H3,(H,17,19). The van der Waals surface area contributed by atoms with E-state index in [0.29, 0.717) is 24.3 Å². The molecule has 0 bridgehead atoms. The van der Waals surface area contributed by atoms with Gasteiger partial charge in [-0.1, -0.05) is 0 Å². The zero-order valence-electron chi connectivity index (χ0n) is 13.3. The Bertz CT molecular complexity index is 576. The van der Waals surface area contributed by atoms with Gasteiger partial charge in [-0.2, -0.15) is 0 Å². The highest BCUT2D eigenvalue weighted by Crippen LogP contribution is 2.33. The molecule has 0 saturated heterocycles. The van der Waals surface area contributed by atoms with Crippen LogP contribution >= 0.6 is 0 Å². The lowest BCUT2D eigenvalue weighted by atomic mass is 9.98. The molecule has 1 N–H and O–H groups in total. The van der Waals surface area contributed by atoms with Crippen molar-refractivity contribution in [3.8, 4) is 5.75 Å². The van der Waals surface area contributed by atoms with Gasteiger partial charge >= 0.3 is 12.1 Å². The van der Waals surface area contributed by atoms with Gasteiger partial charge in [0.15, 0.2) is 0 Å². The third kappa shape index (κ3) is 3.90. The Hall–Kier alpha value is -2.24. The number of methoxy groups -OCH3 is 1. The monoisotopic (exact) mass is 307 g/mol. The molecule has 0 radical (unpaired) electrons. The van der Waals surface area contributed by atoms with E-state index in [2.05, 4.69) is 5.32 Å². The lowest BCUT2D eigenvalue weighted by Gasteiger charge is -2.28. The van der Waals surface area contributed by atoms with Crippen molar-refractivity contribution in [2.24, 2.45) is 0 Å². The highest BCUT2D eigenvalue weighted by Gasteiger charge is 2.26. The first-order chi connectivity index (χ1) is 10.3. The van der Waals surface area contributed by atoms with Crippen LogP contribution in [-0.4, -0.2) is 31.4 Å². The molecular formula is C16H21NO5. The van der Waals surface area contributed by atoms with Crippen molar-refractivity contribution in [2.75, 3.05) is 13.7 Å². The third-order valence-electron chi connectivity index (χ3n) is 3.16. The maximum absolute atomic E-state index is 11.9. The number of esters is 1. The number of alkyl carbamates (subject to hydrolysis) is 1. The van der Waals surface area contributed by atoms with Crippen molar-refractivity contribution in [3.63, 3.8) is 0 Å². The van der Waals surface area contributed by atoms with E-state index in [-0.39, 0.29) is 6.04 Å². The first-order valence-corrected chi connectivity index (χ1v) is 7.15. The van der Waals surface area contributed by atoms with Gasteiger partial charge in [0.25, 0.3) is 0 Å². The molecular weight excluding hydrogens is 286 g/mol. The smallest absolute Gasteiger partial charge is 0.408 e. The molecule has 1 atom stereocenters. The van der Waals surface area contributed by atoms with Gasteiger partial charge in [-0.15, -0.1) is 0 Å². The topological polar surface area (TPSA) is 73.9 Å². The Morgan fingerprint density at radius 3 is 2.68 bits per heavy atom. The molecule has 6 nitrogen and oxygen atoms in total. The molecule has 1 amide bonds. The molecule has 2 rings (SSSR count). The normalized spacial score (nSPS) is 17.0. The number of hydrogen-bond acceptors (Lipinski definition) is 5. The second-order valence-corrected chi connectivity index (χ2v) is 6.08. The SMILES string of the molecule is COC(=O)c1ccc2c(c1)C(NC(=O)OC(C)(C)C)CCO2. The van der Waals surface area contributed by atoms with Crippen LogP contribution in [0.25, 0.3) is 0 Å². The molecule has 0 fully saturated rings. The van der Waals surface area contributed by atoms with Crippen LogP contribution in [0.15, 0.2) is 18.2 Å². The van der Waals surface area contributed by atoms with Crippen LogP contribution in [0, 0.1) is 0 Å². The highest BCUT2D eigenvalue weighted by atomic mass is 16.6. The van der Waals surface area contributed by atoms with Crippen molar-refractivity contribution < 1.29 is 23.8 Å². The molecule has 0 aromatic heterocycles. The second-order valence-electron chi connectivity index (χ2n) is 6.08. The first kappa shape index (κ1) is 16.1. The van der Waals surface area contributed by atoms with E-state index in [9.17, 15) is 9.59 Å². The average Bonchev–Trinajstić information content (AvgIpc) is 2.44. The van der Waals surface area contributed by atoms with Gasteiger partial charge in [0.2, 0.25) is 0 Å². The largest absolute Gasteiger partial charge is 0.493 e. The summed E-state index contributed by atoms with van der Waals surface area (Å²) in [6, 6.07) is 4.77. The lowest BCUT2D eigenvalue weighted by Crippen LogP contribution is -2.36. The minimum Gasteiger partial charge on any atom is -0.493 e. The van der Waals surface area contributed by atoms with E-state index in [1.807, 2.05) is 0 Å². The van der Waals surface area contributed by atoms with Gasteiger partial charge in [0.05, 0.1) is 25.3 Å². The summed E-state index contributed by atoms with van der Waals surface area (Å²) in [6.07, 6.45) is 0.116. The Labute approximate surface area is 129 Å². The summed E-state index contributed by atoms with van der Waals surface area (Å²) in [5, 5.41) is 2.82. The minimum absolute atomic E-state index is 0.261. The van der Waals surface area contributed by atoms with Crippen LogP contribution in [0.4, 0.5) is 4.79 Å². The zero-order chi connectivity index (χ0) is 16.3. The van der Waals surface area contributed by atoms with Crippen LogP contribution in [0.1, 0.15) is 49.2 Å². The molecule has 1 aromatic rings. The number of carbonyl (C=O) groups is 2. The van der Waals surface area contributed by atoms with E-state index < -0.39 is 17.7 Å². The summed E-state index contributed by atoms with van der Waals surface area (Å²) >= 11 is 0. The Kier molecular flexibility index (Phi) is 4.59. The van der Waals surface area contributed by atoms with Crippen LogP contribution < -0.4 is 10.1 Å². The van der Waals surface area contributed by atoms with Crippen molar-refractivity contribution in [1.29, 1.82) is 0 Å². The molecule has 6 heteroatoms. The summed E-state index contributed by atoms with van der Waals surface area (Å²) in [7, 11) is 1.33. The summed E-state index contributed by atoms with van der Waals surface area (Å²) in [5.74, 6) is 0.226. The number of carbonyl (C=O) groups excluding carboxylic acids is 2. The van der Waals surface area contributed by atoms with Crippen molar-refractivity contribution >= 4 is 12.1 Å². The summed E-state index contributed by atoms with van der Waals surface area (Å²) in [6.45, 7) is 5.91. The van der Waals surface area contributed by atoms with Crippen molar-refractivity contribution in [2.45, 2.75) is 38.8 Å². The molecule has 1 aliphatic rings. The molecule has 1 heterocycles. The predicted molar refractivity (Wildman–Crippen MR) is 80.0 cm³/mol. The van der Waals surface area contributed by atoms with E-state index >= 15 is 0 Å². The molecule has 1 unspecified atom stereocenters. The fourth-order valence-corrected chi connectivity index (χ4v) is 2.24. The second kappa shape index (κ2) is 6.25. The van der Waals surface area contributed by atoms with E-state index in [1.165, 1.54) is 7.11 Å². The van der Waals surface area contributed by atoms with Crippen LogP contribution in [-0.2, 0) is 9.47 Å². The maximum Gasteiger partial charge on any atom is 0.408 e. The highest BCUT2D eigenvalue weighted by molar-refractivity contribution is 5.89. The van der Waals surface area contributed by atoms with Crippen LogP contribution in [0.2, 0.25) is 0 Å². The number of hydrogen-bond donors (Lipinski definition) is 1. The number of benzene rings is 1. The lowest BCUT2D eigenvalue weighted by molar-refractivity contribution is 0.0490. The Morgan fingerprint density at radius 1 is 1.32 bits per heavy atom. The van der Waals surface area contributed by atoms with E-state index in [4.69, 9.17) is 14.2 Å². The molecule has 1 aliphatic heterocycles. The number of ether oxygens (including phenoxy) is 3. The van der Waals surface area contributed by atoms with Crippen LogP contribution in [0.5, 0.6) is 5.75 Å².